The third-order valence-electron chi connectivity index (χ3n) is 7.60. The molecular weight excluding hydrogens is 479 g/mol. The predicted octanol–water partition coefficient (Wildman–Crippen LogP) is 5.88. The average molecular weight is 557 g/mol. The Balaban J connectivity index is -0.000000498. The van der Waals surface area contributed by atoms with Crippen LogP contribution in [0.1, 0.15) is 177 Å². The van der Waals surface area contributed by atoms with E-state index in [-0.39, 0.29) is 0 Å². The topological polar surface area (TPSA) is 55.0 Å². The number of quaternary nitrogens is 2. The Morgan fingerprint density at radius 1 is 0.333 bits per heavy atom. The van der Waals surface area contributed by atoms with E-state index in [1.807, 2.05) is 9.80 Å². The third kappa shape index (κ3) is 42.5. The Kier molecular flexibility index (Phi) is 44.5. The summed E-state index contributed by atoms with van der Waals surface area (Å²) >= 11 is 0. The summed E-state index contributed by atoms with van der Waals surface area (Å²) in [5.41, 5.74) is 0. The van der Waals surface area contributed by atoms with Gasteiger partial charge in [0.1, 0.15) is 0 Å². The van der Waals surface area contributed by atoms with Crippen molar-refractivity contribution in [1.82, 2.24) is 0 Å². The minimum atomic E-state index is -1.60. The van der Waals surface area contributed by atoms with Gasteiger partial charge in [-0.2, -0.15) is 0 Å². The summed E-state index contributed by atoms with van der Waals surface area (Å²) < 4.78 is 0. The molecule has 0 heterocycles. The molecule has 0 rings (SSSR count). The van der Waals surface area contributed by atoms with Gasteiger partial charge in [0.15, 0.2) is 0 Å². The maximum absolute atomic E-state index is 10.1. The number of unbranched alkanes of at least 4 members (excludes halogenated alkanes) is 13. The Morgan fingerprint density at radius 2 is 0.564 bits per heavy atom. The molecule has 0 aliphatic rings. The highest BCUT2D eigenvalue weighted by Gasteiger charge is 2.06. The minimum Gasteiger partial charge on any atom is -0.893 e. The van der Waals surface area contributed by atoms with Gasteiger partial charge < -0.3 is 19.8 Å². The Hall–Kier alpha value is -0.0951. The van der Waals surface area contributed by atoms with Crippen LogP contribution in [0.5, 0.6) is 0 Å². The molecule has 0 amide bonds. The summed E-state index contributed by atoms with van der Waals surface area (Å²) in [5, 5.41) is 20.3. The van der Waals surface area contributed by atoms with E-state index in [2.05, 4.69) is 48.5 Å². The van der Waals surface area contributed by atoms with E-state index in [0.29, 0.717) is 6.32 Å². The fourth-order valence-electron chi connectivity index (χ4n) is 4.76. The molecule has 0 aromatic carbocycles. The number of nitrogens with one attached hydrogen (secondary N) is 2. The Morgan fingerprint density at radius 3 is 0.795 bits per heavy atom. The van der Waals surface area contributed by atoms with E-state index in [9.17, 15) is 10.0 Å². The van der Waals surface area contributed by atoms with E-state index in [4.69, 9.17) is 0 Å². The lowest BCUT2D eigenvalue weighted by molar-refractivity contribution is -0.900. The fourth-order valence-corrected chi connectivity index (χ4v) is 4.76. The van der Waals surface area contributed by atoms with E-state index < -0.39 is 7.12 Å². The predicted molar refractivity (Wildman–Crippen MR) is 174 cm³/mol. The molecule has 2 N–H and O–H groups in total. The van der Waals surface area contributed by atoms with Crippen molar-refractivity contribution in [2.45, 2.75) is 183 Å². The molecule has 0 atom stereocenters. The lowest BCUT2D eigenvalue weighted by Gasteiger charge is -2.25. The molecule has 0 bridgehead atoms. The number of rotatable bonds is 27. The Labute approximate surface area is 249 Å². The van der Waals surface area contributed by atoms with Crippen molar-refractivity contribution in [3.63, 3.8) is 0 Å². The molecule has 5 heteroatoms. The summed E-state index contributed by atoms with van der Waals surface area (Å²) in [6.07, 6.45) is 26.5. The zero-order chi connectivity index (χ0) is 29.8. The van der Waals surface area contributed by atoms with Crippen molar-refractivity contribution in [3.05, 3.63) is 0 Å². The Bertz CT molecular complexity index is 337. The average Bonchev–Trinajstić information content (AvgIpc) is 2.94. The molecule has 0 aliphatic carbocycles. The molecule has 0 aliphatic heterocycles. The van der Waals surface area contributed by atoms with Crippen LogP contribution in [-0.2, 0) is 0 Å². The van der Waals surface area contributed by atoms with Gasteiger partial charge >= 0.3 is 0 Å². The highest BCUT2D eigenvalue weighted by molar-refractivity contribution is 6.36. The fraction of sp³-hybridized carbons (Fsp3) is 1.00. The van der Waals surface area contributed by atoms with Gasteiger partial charge in [0.2, 0.25) is 0 Å². The van der Waals surface area contributed by atoms with Crippen LogP contribution < -0.4 is 19.8 Å². The van der Waals surface area contributed by atoms with Crippen molar-refractivity contribution in [3.8, 4) is 0 Å². The maximum atomic E-state index is 10.1. The molecular formula is C34H77BN2O2. The lowest BCUT2D eigenvalue weighted by Crippen LogP contribution is -3.12. The van der Waals surface area contributed by atoms with Crippen molar-refractivity contribution in [1.29, 1.82) is 0 Å². The molecule has 238 valence electrons. The van der Waals surface area contributed by atoms with Gasteiger partial charge in [0, 0.05) is 0 Å². The molecule has 0 saturated carbocycles. The third-order valence-corrected chi connectivity index (χ3v) is 7.60. The maximum Gasteiger partial charge on any atom is 0.0770 e. The zero-order valence-corrected chi connectivity index (χ0v) is 28.5. The summed E-state index contributed by atoms with van der Waals surface area (Å²) in [5.74, 6) is 0. The monoisotopic (exact) mass is 557 g/mol. The summed E-state index contributed by atoms with van der Waals surface area (Å²) in [6, 6.07) is 0. The highest BCUT2D eigenvalue weighted by atomic mass is 16.4. The lowest BCUT2D eigenvalue weighted by atomic mass is 9.83. The van der Waals surface area contributed by atoms with Crippen LogP contribution in [0.2, 0.25) is 6.32 Å². The van der Waals surface area contributed by atoms with Gasteiger partial charge in [0.25, 0.3) is 0 Å². The van der Waals surface area contributed by atoms with E-state index >= 15 is 0 Å². The van der Waals surface area contributed by atoms with E-state index in [1.54, 1.807) is 0 Å². The molecule has 0 unspecified atom stereocenters. The van der Waals surface area contributed by atoms with Crippen LogP contribution in [-0.4, -0.2) is 46.4 Å². The van der Waals surface area contributed by atoms with Gasteiger partial charge in [-0.05, 0) is 38.5 Å². The first-order chi connectivity index (χ1) is 19.0. The van der Waals surface area contributed by atoms with Crippen LogP contribution in [0.25, 0.3) is 0 Å². The zero-order valence-electron chi connectivity index (χ0n) is 28.5. The largest absolute Gasteiger partial charge is 0.893 e. The van der Waals surface area contributed by atoms with Crippen LogP contribution in [0.15, 0.2) is 0 Å². The van der Waals surface area contributed by atoms with Gasteiger partial charge in [-0.3, -0.25) is 0 Å². The van der Waals surface area contributed by atoms with Crippen molar-refractivity contribution in [2.75, 3.05) is 39.3 Å². The van der Waals surface area contributed by atoms with Crippen LogP contribution in [0.4, 0.5) is 0 Å². The molecule has 4 nitrogen and oxygen atoms in total. The quantitative estimate of drug-likeness (QED) is 0.0981. The second kappa shape index (κ2) is 40.0. The smallest absolute Gasteiger partial charge is 0.0770 e. The molecule has 0 aromatic rings. The van der Waals surface area contributed by atoms with Crippen molar-refractivity contribution >= 4 is 7.12 Å². The first kappa shape index (κ1) is 43.4. The summed E-state index contributed by atoms with van der Waals surface area (Å²) in [6.45, 7) is 24.3. The second-order valence-electron chi connectivity index (χ2n) is 11.8. The van der Waals surface area contributed by atoms with Crippen LogP contribution in [0.3, 0.4) is 0 Å². The molecule has 0 fully saturated rings. The highest BCUT2D eigenvalue weighted by Crippen LogP contribution is 2.09. The molecule has 0 spiro atoms. The van der Waals surface area contributed by atoms with Gasteiger partial charge in [-0.25, -0.2) is 0 Å². The second-order valence-corrected chi connectivity index (χ2v) is 11.8. The molecule has 39 heavy (non-hydrogen) atoms. The van der Waals surface area contributed by atoms with Gasteiger partial charge in [-0.15, -0.1) is 13.4 Å². The standard InChI is InChI=1S/2C12H27N.C10H21BO2/c2*1-4-7-10-13(11-8-5-2)12-9-6-3;1-2-3-4-5-6-7-8-9-10-11(12)13/h2*4-12H2,1-3H3;2-10H2,1H3/q;;-2/p+2. The van der Waals surface area contributed by atoms with Crippen molar-refractivity contribution in [2.24, 2.45) is 0 Å². The minimum absolute atomic E-state index is 0.314. The summed E-state index contributed by atoms with van der Waals surface area (Å²) in [4.78, 5) is 3.68. The number of hydrogen-bond acceptors (Lipinski definition) is 2. The molecule has 0 saturated heterocycles. The van der Waals surface area contributed by atoms with Gasteiger partial charge in [-0.1, -0.05) is 138 Å². The van der Waals surface area contributed by atoms with Crippen LogP contribution >= 0.6 is 0 Å². The SMILES string of the molecule is CCCCCCCCCCB([O-])[O-].CCCC[NH+](CCCC)CCCC.CCCC[NH+](CCCC)CCCC. The first-order valence-corrected chi connectivity index (χ1v) is 18.0. The number of hydrogen-bond donors (Lipinski definition) is 2. The van der Waals surface area contributed by atoms with Crippen LogP contribution in [0, 0.1) is 0 Å². The van der Waals surface area contributed by atoms with Gasteiger partial charge in [0.05, 0.1) is 39.3 Å². The summed E-state index contributed by atoms with van der Waals surface area (Å²) in [7, 11) is -1.60. The van der Waals surface area contributed by atoms with Crippen molar-refractivity contribution < 1.29 is 19.8 Å². The van der Waals surface area contributed by atoms with E-state index in [1.165, 1.54) is 155 Å². The molecule has 0 radical (unpaired) electrons. The first-order valence-electron chi connectivity index (χ1n) is 18.0. The van der Waals surface area contributed by atoms with E-state index in [0.717, 1.165) is 12.8 Å². The normalized spacial score (nSPS) is 10.8. The molecule has 0 aromatic heterocycles.